The van der Waals surface area contributed by atoms with Gasteiger partial charge in [-0.15, -0.1) is 0 Å². The summed E-state index contributed by atoms with van der Waals surface area (Å²) in [6.07, 6.45) is 3.34. The minimum absolute atomic E-state index is 0.0275. The third-order valence-electron chi connectivity index (χ3n) is 5.55. The molecule has 2 heteroatoms. The smallest absolute Gasteiger partial charge is 0.115 e. The molecule has 0 fully saturated rings. The molecule has 126 valence electrons. The molecule has 0 bridgehead atoms. The van der Waals surface area contributed by atoms with Crippen LogP contribution in [0.15, 0.2) is 43.0 Å². The molecule has 1 aliphatic carbocycles. The van der Waals surface area contributed by atoms with Crippen LogP contribution in [0, 0.1) is 6.92 Å². The van der Waals surface area contributed by atoms with E-state index < -0.39 is 0 Å². The van der Waals surface area contributed by atoms with Crippen LogP contribution in [0.1, 0.15) is 60.4 Å². The molecule has 1 aliphatic rings. The Kier molecular flexibility index (Phi) is 4.48. The van der Waals surface area contributed by atoms with Gasteiger partial charge in [0, 0.05) is 10.6 Å². The van der Waals surface area contributed by atoms with Crippen LogP contribution in [0.25, 0.3) is 5.76 Å². The van der Waals surface area contributed by atoms with E-state index in [-0.39, 0.29) is 11.2 Å². The van der Waals surface area contributed by atoms with Crippen molar-refractivity contribution in [2.75, 3.05) is 0 Å². The molecule has 0 saturated heterocycles. The molecule has 1 unspecified atom stereocenters. The van der Waals surface area contributed by atoms with Crippen molar-refractivity contribution in [3.8, 4) is 0 Å². The minimum Gasteiger partial charge on any atom is -0.508 e. The van der Waals surface area contributed by atoms with Gasteiger partial charge in [-0.2, -0.15) is 0 Å². The van der Waals surface area contributed by atoms with E-state index in [9.17, 15) is 5.11 Å². The zero-order chi connectivity index (χ0) is 17.5. The predicted molar refractivity (Wildman–Crippen MR) is 103 cm³/mol. The fraction of sp³-hybridized carbons (Fsp3) is 0.364. The van der Waals surface area contributed by atoms with Crippen molar-refractivity contribution in [3.63, 3.8) is 0 Å². The van der Waals surface area contributed by atoms with Gasteiger partial charge in [-0.05, 0) is 78.0 Å². The lowest BCUT2D eigenvalue weighted by atomic mass is 9.68. The second-order valence-electron chi connectivity index (χ2n) is 7.49. The first-order valence-corrected chi connectivity index (χ1v) is 8.96. The van der Waals surface area contributed by atoms with E-state index >= 15 is 0 Å². The number of hydrogen-bond donors (Lipinski definition) is 1. The standard InChI is InChI=1S/C22H25ClO/c1-14-12-18(23)9-10-19(14)21-7-5-6-17-13-16(15(2)24)8-11-20(17)22(21,3)4/h8-13,21,24H,2,5-7H2,1,3-4H3. The average molecular weight is 341 g/mol. The summed E-state index contributed by atoms with van der Waals surface area (Å²) in [5, 5.41) is 10.5. The van der Waals surface area contributed by atoms with Gasteiger partial charge in [-0.1, -0.05) is 50.2 Å². The Morgan fingerprint density at radius 1 is 1.21 bits per heavy atom. The first-order chi connectivity index (χ1) is 11.3. The molecule has 2 aromatic rings. The lowest BCUT2D eigenvalue weighted by Crippen LogP contribution is -2.27. The molecule has 0 aromatic heterocycles. The van der Waals surface area contributed by atoms with E-state index in [4.69, 9.17) is 11.6 Å². The molecule has 1 atom stereocenters. The molecule has 0 radical (unpaired) electrons. The Morgan fingerprint density at radius 3 is 2.62 bits per heavy atom. The third-order valence-corrected chi connectivity index (χ3v) is 5.79. The van der Waals surface area contributed by atoms with Crippen LogP contribution in [0.3, 0.4) is 0 Å². The summed E-state index contributed by atoms with van der Waals surface area (Å²) in [7, 11) is 0. The Morgan fingerprint density at radius 2 is 1.96 bits per heavy atom. The van der Waals surface area contributed by atoms with Crippen molar-refractivity contribution in [2.24, 2.45) is 0 Å². The second-order valence-corrected chi connectivity index (χ2v) is 7.92. The number of fused-ring (bicyclic) bond motifs is 1. The van der Waals surface area contributed by atoms with Crippen molar-refractivity contribution in [3.05, 3.63) is 75.8 Å². The number of aliphatic hydroxyl groups excluding tert-OH is 1. The summed E-state index contributed by atoms with van der Waals surface area (Å²) < 4.78 is 0. The van der Waals surface area contributed by atoms with Crippen LogP contribution >= 0.6 is 11.6 Å². The van der Waals surface area contributed by atoms with Gasteiger partial charge in [0.1, 0.15) is 5.76 Å². The minimum atomic E-state index is 0.0275. The van der Waals surface area contributed by atoms with Gasteiger partial charge < -0.3 is 5.11 Å². The summed E-state index contributed by atoms with van der Waals surface area (Å²) in [6, 6.07) is 12.5. The number of aryl methyl sites for hydroxylation is 2. The maximum absolute atomic E-state index is 9.71. The van der Waals surface area contributed by atoms with Gasteiger partial charge in [0.15, 0.2) is 0 Å². The fourth-order valence-electron chi connectivity index (χ4n) is 4.23. The molecule has 0 aliphatic heterocycles. The Balaban J connectivity index is 2.10. The molecule has 1 nitrogen and oxygen atoms in total. The second kappa shape index (κ2) is 6.29. The van der Waals surface area contributed by atoms with Gasteiger partial charge in [-0.3, -0.25) is 0 Å². The van der Waals surface area contributed by atoms with Gasteiger partial charge in [-0.25, -0.2) is 0 Å². The van der Waals surface area contributed by atoms with Crippen molar-refractivity contribution in [1.29, 1.82) is 0 Å². The fourth-order valence-corrected chi connectivity index (χ4v) is 4.45. The van der Waals surface area contributed by atoms with Crippen molar-refractivity contribution < 1.29 is 5.11 Å². The molecule has 24 heavy (non-hydrogen) atoms. The Bertz CT molecular complexity index is 789. The first kappa shape index (κ1) is 17.1. The highest BCUT2D eigenvalue weighted by Crippen LogP contribution is 2.47. The van der Waals surface area contributed by atoms with Crippen LogP contribution in [0.5, 0.6) is 0 Å². The predicted octanol–water partition coefficient (Wildman–Crippen LogP) is 6.57. The lowest BCUT2D eigenvalue weighted by Gasteiger charge is -2.36. The normalized spacial score (nSPS) is 19.4. The molecule has 0 heterocycles. The van der Waals surface area contributed by atoms with E-state index in [0.29, 0.717) is 5.92 Å². The molecule has 1 N–H and O–H groups in total. The molecule has 0 spiro atoms. The van der Waals surface area contributed by atoms with Crippen molar-refractivity contribution >= 4 is 17.4 Å². The van der Waals surface area contributed by atoms with Crippen LogP contribution in [-0.4, -0.2) is 5.11 Å². The highest BCUT2D eigenvalue weighted by Gasteiger charge is 2.36. The molecule has 0 saturated carbocycles. The Hall–Kier alpha value is -1.73. The maximum Gasteiger partial charge on any atom is 0.115 e. The summed E-state index contributed by atoms with van der Waals surface area (Å²) >= 11 is 6.16. The lowest BCUT2D eigenvalue weighted by molar-refractivity contribution is 0.394. The molecule has 0 amide bonds. The van der Waals surface area contributed by atoms with Gasteiger partial charge in [0.25, 0.3) is 0 Å². The van der Waals surface area contributed by atoms with E-state index in [2.05, 4.69) is 51.6 Å². The van der Waals surface area contributed by atoms with Crippen LogP contribution < -0.4 is 0 Å². The molecular formula is C22H25ClO. The third kappa shape index (κ3) is 2.98. The SMILES string of the molecule is C=C(O)c1ccc2c(c1)CCCC(c1ccc(Cl)cc1C)C2(C)C. The van der Waals surface area contributed by atoms with Gasteiger partial charge in [0.05, 0.1) is 0 Å². The topological polar surface area (TPSA) is 20.2 Å². The maximum atomic E-state index is 9.71. The average Bonchev–Trinajstić information content (AvgIpc) is 2.64. The van der Waals surface area contributed by atoms with E-state index in [0.717, 1.165) is 29.8 Å². The number of halogens is 1. The summed E-state index contributed by atoms with van der Waals surface area (Å²) in [5.41, 5.74) is 6.23. The number of hydrogen-bond acceptors (Lipinski definition) is 1. The highest BCUT2D eigenvalue weighted by atomic mass is 35.5. The number of benzene rings is 2. The Labute approximate surface area is 150 Å². The van der Waals surface area contributed by atoms with Gasteiger partial charge in [0.2, 0.25) is 0 Å². The first-order valence-electron chi connectivity index (χ1n) is 8.58. The quantitative estimate of drug-likeness (QED) is 0.484. The number of rotatable bonds is 2. The van der Waals surface area contributed by atoms with E-state index in [1.807, 2.05) is 12.1 Å². The van der Waals surface area contributed by atoms with Crippen molar-refractivity contribution in [1.82, 2.24) is 0 Å². The highest BCUT2D eigenvalue weighted by molar-refractivity contribution is 6.30. The summed E-state index contributed by atoms with van der Waals surface area (Å²) in [6.45, 7) is 10.5. The number of aliphatic hydroxyl groups is 1. The van der Waals surface area contributed by atoms with Crippen LogP contribution in [-0.2, 0) is 11.8 Å². The van der Waals surface area contributed by atoms with Gasteiger partial charge >= 0.3 is 0 Å². The molecular weight excluding hydrogens is 316 g/mol. The van der Waals surface area contributed by atoms with Crippen molar-refractivity contribution in [2.45, 2.75) is 51.4 Å². The monoisotopic (exact) mass is 340 g/mol. The summed E-state index contributed by atoms with van der Waals surface area (Å²) in [4.78, 5) is 0. The van der Waals surface area contributed by atoms with Crippen LogP contribution in [0.4, 0.5) is 0 Å². The molecule has 2 aromatic carbocycles. The van der Waals surface area contributed by atoms with E-state index in [1.54, 1.807) is 0 Å². The van der Waals surface area contributed by atoms with Crippen LogP contribution in [0.2, 0.25) is 5.02 Å². The molecule has 3 rings (SSSR count). The zero-order valence-electron chi connectivity index (χ0n) is 14.7. The van der Waals surface area contributed by atoms with E-state index in [1.165, 1.54) is 22.3 Å². The summed E-state index contributed by atoms with van der Waals surface area (Å²) in [5.74, 6) is 0.601. The largest absolute Gasteiger partial charge is 0.508 e. The zero-order valence-corrected chi connectivity index (χ0v) is 15.5.